The Balaban J connectivity index is 1.77. The summed E-state index contributed by atoms with van der Waals surface area (Å²) < 4.78 is 5.64. The Morgan fingerprint density at radius 3 is 2.32 bits per heavy atom. The van der Waals surface area contributed by atoms with E-state index in [9.17, 15) is 4.79 Å². The van der Waals surface area contributed by atoms with E-state index in [4.69, 9.17) is 4.74 Å². The lowest BCUT2D eigenvalue weighted by molar-refractivity contribution is -0.122. The molecular weight excluding hydrogens is 278 g/mol. The number of carbonyl (C=O) groups excluding carboxylic acids is 1. The third-order valence-corrected chi connectivity index (χ3v) is 3.93. The fourth-order valence-electron chi connectivity index (χ4n) is 2.40. The van der Waals surface area contributed by atoms with Gasteiger partial charge in [-0.1, -0.05) is 24.6 Å². The van der Waals surface area contributed by atoms with Crippen molar-refractivity contribution in [2.45, 2.75) is 33.1 Å². The van der Waals surface area contributed by atoms with Crippen LogP contribution in [-0.2, 0) is 4.79 Å². The fraction of sp³-hybridized carbons (Fsp3) is 0.353. The van der Waals surface area contributed by atoms with Crippen LogP contribution in [0.3, 0.4) is 0 Å². The maximum Gasteiger partial charge on any atom is 0.322 e. The second kappa shape index (κ2) is 6.13. The molecule has 0 radical (unpaired) electrons. The first-order valence-electron chi connectivity index (χ1n) is 7.52. The number of nitrogens with one attached hydrogen (secondary N) is 1. The highest BCUT2D eigenvalue weighted by Crippen LogP contribution is 2.29. The van der Waals surface area contributed by atoms with E-state index in [0.29, 0.717) is 28.8 Å². The SMILES string of the molecule is Cc1nc(Oc2ccccc2)nc(C)c1NC(=O)C1CCC1. The third kappa shape index (κ3) is 3.08. The van der Waals surface area contributed by atoms with Crippen LogP contribution in [0.15, 0.2) is 30.3 Å². The van der Waals surface area contributed by atoms with Gasteiger partial charge in [-0.25, -0.2) is 0 Å². The summed E-state index contributed by atoms with van der Waals surface area (Å²) in [7, 11) is 0. The number of amides is 1. The third-order valence-electron chi connectivity index (χ3n) is 3.93. The molecule has 1 fully saturated rings. The molecule has 1 amide bonds. The minimum atomic E-state index is 0.0674. The van der Waals surface area contributed by atoms with Crippen molar-refractivity contribution in [3.05, 3.63) is 41.7 Å². The van der Waals surface area contributed by atoms with Gasteiger partial charge in [0.05, 0.1) is 17.1 Å². The van der Waals surface area contributed by atoms with Crippen molar-refractivity contribution in [2.75, 3.05) is 5.32 Å². The molecule has 1 N–H and O–H groups in total. The van der Waals surface area contributed by atoms with Crippen molar-refractivity contribution in [3.63, 3.8) is 0 Å². The van der Waals surface area contributed by atoms with E-state index in [1.54, 1.807) is 0 Å². The van der Waals surface area contributed by atoms with Gasteiger partial charge < -0.3 is 10.1 Å². The summed E-state index contributed by atoms with van der Waals surface area (Å²) in [6, 6.07) is 9.69. The van der Waals surface area contributed by atoms with Crippen LogP contribution in [0.5, 0.6) is 11.8 Å². The molecule has 5 nitrogen and oxygen atoms in total. The highest BCUT2D eigenvalue weighted by atomic mass is 16.5. The smallest absolute Gasteiger partial charge is 0.322 e. The number of para-hydroxylation sites is 1. The Labute approximate surface area is 129 Å². The van der Waals surface area contributed by atoms with Crippen molar-refractivity contribution in [2.24, 2.45) is 5.92 Å². The minimum absolute atomic E-state index is 0.0674. The number of aryl methyl sites for hydroxylation is 2. The predicted molar refractivity (Wildman–Crippen MR) is 84.0 cm³/mol. The Hall–Kier alpha value is -2.43. The van der Waals surface area contributed by atoms with Crippen LogP contribution >= 0.6 is 0 Å². The maximum absolute atomic E-state index is 12.1. The number of ether oxygens (including phenoxy) is 1. The lowest BCUT2D eigenvalue weighted by atomic mass is 9.85. The van der Waals surface area contributed by atoms with Crippen LogP contribution in [0.2, 0.25) is 0 Å². The summed E-state index contributed by atoms with van der Waals surface area (Å²) in [6.45, 7) is 3.70. The fourth-order valence-corrected chi connectivity index (χ4v) is 2.40. The van der Waals surface area contributed by atoms with Crippen LogP contribution in [-0.4, -0.2) is 15.9 Å². The summed E-state index contributed by atoms with van der Waals surface area (Å²) in [5, 5.41) is 2.95. The molecule has 1 aromatic carbocycles. The summed E-state index contributed by atoms with van der Waals surface area (Å²) in [6.07, 6.45) is 3.08. The monoisotopic (exact) mass is 297 g/mol. The number of benzene rings is 1. The highest BCUT2D eigenvalue weighted by molar-refractivity contribution is 5.94. The standard InChI is InChI=1S/C17H19N3O2/c1-11-15(20-16(21)13-7-6-8-13)12(2)19-17(18-11)22-14-9-4-3-5-10-14/h3-5,9-10,13H,6-8H2,1-2H3,(H,20,21). The first-order chi connectivity index (χ1) is 10.6. The van der Waals surface area contributed by atoms with Gasteiger partial charge in [0.25, 0.3) is 0 Å². The van der Waals surface area contributed by atoms with Crippen molar-refractivity contribution in [3.8, 4) is 11.8 Å². The van der Waals surface area contributed by atoms with E-state index in [1.165, 1.54) is 0 Å². The van der Waals surface area contributed by atoms with Gasteiger partial charge in [0, 0.05) is 5.92 Å². The first-order valence-corrected chi connectivity index (χ1v) is 7.52. The molecule has 1 saturated carbocycles. The number of rotatable bonds is 4. The van der Waals surface area contributed by atoms with E-state index in [-0.39, 0.29) is 11.8 Å². The average molecular weight is 297 g/mol. The van der Waals surface area contributed by atoms with Gasteiger partial charge in [0.15, 0.2) is 0 Å². The number of aromatic nitrogens is 2. The zero-order valence-corrected chi connectivity index (χ0v) is 12.8. The number of hydrogen-bond donors (Lipinski definition) is 1. The van der Waals surface area contributed by atoms with E-state index in [1.807, 2.05) is 44.2 Å². The molecule has 1 aromatic heterocycles. The summed E-state index contributed by atoms with van der Waals surface area (Å²) in [5.74, 6) is 0.893. The number of carbonyl (C=O) groups is 1. The van der Waals surface area contributed by atoms with E-state index in [2.05, 4.69) is 15.3 Å². The van der Waals surface area contributed by atoms with Crippen molar-refractivity contribution >= 4 is 11.6 Å². The molecule has 0 spiro atoms. The maximum atomic E-state index is 12.1. The zero-order valence-electron chi connectivity index (χ0n) is 12.8. The quantitative estimate of drug-likeness (QED) is 0.936. The average Bonchev–Trinajstić information content (AvgIpc) is 2.42. The van der Waals surface area contributed by atoms with Gasteiger partial charge >= 0.3 is 6.01 Å². The largest absolute Gasteiger partial charge is 0.424 e. The molecule has 0 aliphatic heterocycles. The van der Waals surface area contributed by atoms with Gasteiger partial charge in [-0.2, -0.15) is 9.97 Å². The van der Waals surface area contributed by atoms with Crippen LogP contribution < -0.4 is 10.1 Å². The molecule has 5 heteroatoms. The van der Waals surface area contributed by atoms with Gasteiger partial charge in [-0.15, -0.1) is 0 Å². The zero-order chi connectivity index (χ0) is 15.5. The molecule has 22 heavy (non-hydrogen) atoms. The summed E-state index contributed by atoms with van der Waals surface area (Å²) in [4.78, 5) is 20.8. The molecule has 0 saturated heterocycles. The number of anilines is 1. The molecule has 1 aliphatic carbocycles. The van der Waals surface area contributed by atoms with Gasteiger partial charge in [-0.05, 0) is 38.8 Å². The molecule has 1 aliphatic rings. The normalized spacial score (nSPS) is 14.3. The molecular formula is C17H19N3O2. The second-order valence-electron chi connectivity index (χ2n) is 5.58. The van der Waals surface area contributed by atoms with Crippen molar-refractivity contribution in [1.29, 1.82) is 0 Å². The molecule has 2 aromatic rings. The van der Waals surface area contributed by atoms with Crippen molar-refractivity contribution in [1.82, 2.24) is 9.97 Å². The van der Waals surface area contributed by atoms with Gasteiger partial charge in [-0.3, -0.25) is 4.79 Å². The second-order valence-corrected chi connectivity index (χ2v) is 5.58. The highest BCUT2D eigenvalue weighted by Gasteiger charge is 2.26. The van der Waals surface area contributed by atoms with Gasteiger partial charge in [0.2, 0.25) is 5.91 Å². The molecule has 0 bridgehead atoms. The predicted octanol–water partition coefficient (Wildman–Crippen LogP) is 3.62. The van der Waals surface area contributed by atoms with Gasteiger partial charge in [0.1, 0.15) is 5.75 Å². The minimum Gasteiger partial charge on any atom is -0.424 e. The van der Waals surface area contributed by atoms with E-state index < -0.39 is 0 Å². The van der Waals surface area contributed by atoms with Crippen molar-refractivity contribution < 1.29 is 9.53 Å². The molecule has 0 unspecified atom stereocenters. The Bertz CT molecular complexity index is 659. The Morgan fingerprint density at radius 1 is 1.14 bits per heavy atom. The molecule has 114 valence electrons. The lowest BCUT2D eigenvalue weighted by Crippen LogP contribution is -2.28. The van der Waals surface area contributed by atoms with Crippen LogP contribution in [0.1, 0.15) is 30.7 Å². The van der Waals surface area contributed by atoms with E-state index >= 15 is 0 Å². The summed E-state index contributed by atoms with van der Waals surface area (Å²) in [5.41, 5.74) is 2.12. The van der Waals surface area contributed by atoms with Crippen LogP contribution in [0.25, 0.3) is 0 Å². The molecule has 1 heterocycles. The van der Waals surface area contributed by atoms with Crippen LogP contribution in [0.4, 0.5) is 5.69 Å². The number of nitrogens with zero attached hydrogens (tertiary/aromatic N) is 2. The lowest BCUT2D eigenvalue weighted by Gasteiger charge is -2.24. The molecule has 0 atom stereocenters. The Morgan fingerprint density at radius 2 is 1.77 bits per heavy atom. The van der Waals surface area contributed by atoms with E-state index in [0.717, 1.165) is 19.3 Å². The Kier molecular flexibility index (Phi) is 4.04. The first kappa shape index (κ1) is 14.5. The molecule has 3 rings (SSSR count). The summed E-state index contributed by atoms with van der Waals surface area (Å²) >= 11 is 0. The van der Waals surface area contributed by atoms with Crippen LogP contribution in [0, 0.1) is 19.8 Å². The number of hydrogen-bond acceptors (Lipinski definition) is 4. The topological polar surface area (TPSA) is 64.1 Å².